The summed E-state index contributed by atoms with van der Waals surface area (Å²) in [5, 5.41) is 8.56. The van der Waals surface area contributed by atoms with Crippen molar-refractivity contribution in [1.82, 2.24) is 34.3 Å². The van der Waals surface area contributed by atoms with Crippen LogP contribution in [0.15, 0.2) is 43.1 Å². The fourth-order valence-corrected chi connectivity index (χ4v) is 4.88. The van der Waals surface area contributed by atoms with Crippen molar-refractivity contribution in [2.75, 3.05) is 11.4 Å². The minimum absolute atomic E-state index is 0.251. The zero-order valence-electron chi connectivity index (χ0n) is 16.7. The van der Waals surface area contributed by atoms with Gasteiger partial charge in [-0.25, -0.2) is 18.7 Å². The number of aromatic nitrogens is 7. The van der Waals surface area contributed by atoms with Gasteiger partial charge in [-0.15, -0.1) is 10.2 Å². The van der Waals surface area contributed by atoms with Crippen molar-refractivity contribution in [3.63, 3.8) is 0 Å². The summed E-state index contributed by atoms with van der Waals surface area (Å²) in [7, 11) is 0. The Balaban J connectivity index is 1.52. The van der Waals surface area contributed by atoms with E-state index in [4.69, 9.17) is 4.98 Å². The molecule has 0 spiro atoms. The predicted molar refractivity (Wildman–Crippen MR) is 108 cm³/mol. The van der Waals surface area contributed by atoms with Gasteiger partial charge in [-0.3, -0.25) is 9.13 Å². The SMILES string of the molecule is CC[C@@]12CCCN1c1nc(-n3ccnc3-c3cc(F)cc(F)c3)ncc1-n1cnnc12. The zero-order valence-corrected chi connectivity index (χ0v) is 16.7. The molecule has 1 aromatic carbocycles. The number of benzene rings is 1. The number of imidazole rings is 1. The number of anilines is 1. The van der Waals surface area contributed by atoms with Crippen LogP contribution >= 0.6 is 0 Å². The van der Waals surface area contributed by atoms with Gasteiger partial charge in [0.25, 0.3) is 0 Å². The first kappa shape index (κ1) is 18.1. The van der Waals surface area contributed by atoms with Crippen molar-refractivity contribution >= 4 is 5.82 Å². The lowest BCUT2D eigenvalue weighted by molar-refractivity contribution is 0.382. The third kappa shape index (κ3) is 2.47. The largest absolute Gasteiger partial charge is 0.342 e. The highest BCUT2D eigenvalue weighted by Crippen LogP contribution is 2.48. The topological polar surface area (TPSA) is 77.5 Å². The van der Waals surface area contributed by atoms with Crippen LogP contribution in [0.1, 0.15) is 32.0 Å². The summed E-state index contributed by atoms with van der Waals surface area (Å²) in [5.74, 6) is 1.12. The molecule has 5 heterocycles. The molecule has 1 fully saturated rings. The number of rotatable bonds is 3. The number of hydrogen-bond donors (Lipinski definition) is 0. The van der Waals surface area contributed by atoms with Gasteiger partial charge in [-0.2, -0.15) is 4.98 Å². The van der Waals surface area contributed by atoms with Crippen LogP contribution in [0.4, 0.5) is 14.6 Å². The first-order chi connectivity index (χ1) is 15.1. The van der Waals surface area contributed by atoms with Gasteiger partial charge >= 0.3 is 0 Å². The van der Waals surface area contributed by atoms with E-state index in [2.05, 4.69) is 32.0 Å². The fourth-order valence-electron chi connectivity index (χ4n) is 4.88. The lowest BCUT2D eigenvalue weighted by atomic mass is 9.90. The second kappa shape index (κ2) is 6.40. The molecule has 0 saturated carbocycles. The van der Waals surface area contributed by atoms with Crippen LogP contribution in [0, 0.1) is 11.6 Å². The average molecular weight is 420 g/mol. The molecule has 0 aliphatic carbocycles. The van der Waals surface area contributed by atoms with E-state index in [-0.39, 0.29) is 5.54 Å². The van der Waals surface area contributed by atoms with Gasteiger partial charge < -0.3 is 4.90 Å². The van der Waals surface area contributed by atoms with Gasteiger partial charge in [-0.1, -0.05) is 6.92 Å². The molecule has 6 rings (SSSR count). The van der Waals surface area contributed by atoms with Gasteiger partial charge in [0.1, 0.15) is 35.0 Å². The van der Waals surface area contributed by atoms with Gasteiger partial charge in [0.2, 0.25) is 5.95 Å². The number of halogens is 2. The van der Waals surface area contributed by atoms with E-state index in [1.165, 1.54) is 12.1 Å². The highest BCUT2D eigenvalue weighted by atomic mass is 19.1. The van der Waals surface area contributed by atoms with Crippen LogP contribution in [-0.4, -0.2) is 40.8 Å². The highest BCUT2D eigenvalue weighted by molar-refractivity contribution is 5.65. The molecule has 2 aliphatic heterocycles. The van der Waals surface area contributed by atoms with E-state index < -0.39 is 11.6 Å². The Hall–Kier alpha value is -3.69. The zero-order chi connectivity index (χ0) is 21.2. The van der Waals surface area contributed by atoms with Crippen LogP contribution in [-0.2, 0) is 5.54 Å². The molecular weight excluding hydrogens is 402 g/mol. The van der Waals surface area contributed by atoms with E-state index in [1.807, 2.05) is 4.57 Å². The second-order valence-electron chi connectivity index (χ2n) is 7.82. The molecule has 0 bridgehead atoms. The summed E-state index contributed by atoms with van der Waals surface area (Å²) < 4.78 is 31.2. The average Bonchev–Trinajstić information content (AvgIpc) is 3.51. The number of fused-ring (bicyclic) bond motifs is 6. The van der Waals surface area contributed by atoms with Gasteiger partial charge in [0.15, 0.2) is 11.6 Å². The quantitative estimate of drug-likeness (QED) is 0.506. The van der Waals surface area contributed by atoms with Gasteiger partial charge in [0.05, 0.1) is 6.20 Å². The van der Waals surface area contributed by atoms with Crippen molar-refractivity contribution in [2.24, 2.45) is 0 Å². The molecule has 0 amide bonds. The smallest absolute Gasteiger partial charge is 0.237 e. The second-order valence-corrected chi connectivity index (χ2v) is 7.82. The van der Waals surface area contributed by atoms with E-state index in [0.29, 0.717) is 17.3 Å². The Bertz CT molecular complexity index is 1290. The van der Waals surface area contributed by atoms with Crippen LogP contribution in [0.5, 0.6) is 0 Å². The normalized spacial score (nSPS) is 19.3. The molecule has 0 N–H and O–H groups in total. The van der Waals surface area contributed by atoms with E-state index in [0.717, 1.165) is 49.2 Å². The van der Waals surface area contributed by atoms with Crippen LogP contribution in [0.2, 0.25) is 0 Å². The standard InChI is InChI=1S/C21H18F2N8/c1-2-21-4-3-6-31(21)18-16(30-12-26-28-19(21)30)11-25-20(27-18)29-7-5-24-17(29)13-8-14(22)10-15(23)9-13/h5,7-12H,2-4,6H2,1H3/t21-/m0/s1. The van der Waals surface area contributed by atoms with Crippen LogP contribution in [0.25, 0.3) is 23.0 Å². The summed E-state index contributed by atoms with van der Waals surface area (Å²) in [6, 6.07) is 3.32. The molecule has 156 valence electrons. The molecule has 0 unspecified atom stereocenters. The monoisotopic (exact) mass is 420 g/mol. The molecule has 2 aliphatic rings. The molecule has 0 radical (unpaired) electrons. The predicted octanol–water partition coefficient (Wildman–Crippen LogP) is 3.41. The van der Waals surface area contributed by atoms with Crippen molar-refractivity contribution in [3.8, 4) is 23.0 Å². The molecule has 1 atom stereocenters. The lowest BCUT2D eigenvalue weighted by Crippen LogP contribution is -2.46. The first-order valence-corrected chi connectivity index (χ1v) is 10.2. The lowest BCUT2D eigenvalue weighted by Gasteiger charge is -2.42. The minimum atomic E-state index is -0.666. The maximum atomic E-state index is 13.8. The fraction of sp³-hybridized carbons (Fsp3) is 0.286. The Morgan fingerprint density at radius 3 is 2.74 bits per heavy atom. The molecular formula is C21H18F2N8. The van der Waals surface area contributed by atoms with Gasteiger partial charge in [0, 0.05) is 30.6 Å². The van der Waals surface area contributed by atoms with E-state index >= 15 is 0 Å². The van der Waals surface area contributed by atoms with E-state index in [9.17, 15) is 8.78 Å². The molecule has 10 heteroatoms. The molecule has 3 aromatic heterocycles. The Morgan fingerprint density at radius 1 is 1.10 bits per heavy atom. The van der Waals surface area contributed by atoms with Crippen LogP contribution < -0.4 is 4.90 Å². The molecule has 1 saturated heterocycles. The number of nitrogens with zero attached hydrogens (tertiary/aromatic N) is 8. The summed E-state index contributed by atoms with van der Waals surface area (Å²) in [5.41, 5.74) is 0.876. The Kier molecular flexibility index (Phi) is 3.74. The third-order valence-electron chi connectivity index (χ3n) is 6.27. The molecule has 4 aromatic rings. The maximum Gasteiger partial charge on any atom is 0.237 e. The summed E-state index contributed by atoms with van der Waals surface area (Å²) in [6.07, 6.45) is 9.55. The number of hydrogen-bond acceptors (Lipinski definition) is 6. The van der Waals surface area contributed by atoms with E-state index in [1.54, 1.807) is 29.5 Å². The summed E-state index contributed by atoms with van der Waals surface area (Å²) in [4.78, 5) is 16.0. The first-order valence-electron chi connectivity index (χ1n) is 10.2. The Morgan fingerprint density at radius 2 is 1.94 bits per heavy atom. The van der Waals surface area contributed by atoms with Gasteiger partial charge in [-0.05, 0) is 31.4 Å². The third-order valence-corrected chi connectivity index (χ3v) is 6.27. The molecule has 31 heavy (non-hydrogen) atoms. The molecule has 8 nitrogen and oxygen atoms in total. The minimum Gasteiger partial charge on any atom is -0.342 e. The van der Waals surface area contributed by atoms with Crippen molar-refractivity contribution < 1.29 is 8.78 Å². The summed E-state index contributed by atoms with van der Waals surface area (Å²) >= 11 is 0. The van der Waals surface area contributed by atoms with Crippen LogP contribution in [0.3, 0.4) is 0 Å². The van der Waals surface area contributed by atoms with Crippen molar-refractivity contribution in [2.45, 2.75) is 31.7 Å². The summed E-state index contributed by atoms with van der Waals surface area (Å²) in [6.45, 7) is 3.01. The van der Waals surface area contributed by atoms with Crippen molar-refractivity contribution in [3.05, 3.63) is 60.6 Å². The Labute approximate surface area is 176 Å². The highest BCUT2D eigenvalue weighted by Gasteiger charge is 2.49. The maximum absolute atomic E-state index is 13.8. The van der Waals surface area contributed by atoms with Crippen molar-refractivity contribution in [1.29, 1.82) is 0 Å².